The van der Waals surface area contributed by atoms with E-state index in [0.29, 0.717) is 157 Å². The molecule has 8 fully saturated rings. The van der Waals surface area contributed by atoms with Crippen LogP contribution in [0.15, 0.2) is 186 Å². The van der Waals surface area contributed by atoms with Crippen LogP contribution in [0.3, 0.4) is 0 Å². The number of nitrogens with zero attached hydrogens (tertiary/aromatic N) is 9. The second kappa shape index (κ2) is 41.7. The Morgan fingerprint density at radius 3 is 0.597 bits per heavy atom. The SMILES string of the molecule is Cc1cc(C)c(N=Cc2cc3c(cc2O)C2CCC3C2)c(N=Cc2cc3c(cc2O)C2CCC3C2)c1.Cc1cc(N=Cc2cc3c(cc2O)C2CCC3C2)c(N=Cc2cc3c(cc2O)C2CCC3C2)cc1C.Cc1cc(N=Cc2cc3c(cc2O)C2CCC3C2)c(N=Cc2cc3c(cc2O)C2CCC3C2)cc1C#N.Cc1ccc(C)c(N=Cc2cc3c(cc2O)C2CCC3C2)c1N=Cc1cc2c(cc1O)C1CCC2C1.[Pt].[Pt].[Pt].[Pt]. The van der Waals surface area contributed by atoms with E-state index >= 15 is 0 Å². The van der Waals surface area contributed by atoms with Crippen LogP contribution in [-0.2, 0) is 84.3 Å². The van der Waals surface area contributed by atoms with Gasteiger partial charge in [-0.25, -0.2) is 0 Å². The molecule has 0 aliphatic heterocycles. The van der Waals surface area contributed by atoms with E-state index < -0.39 is 0 Å². The van der Waals surface area contributed by atoms with Gasteiger partial charge in [-0.3, -0.25) is 39.9 Å². The molecule has 16 aliphatic carbocycles. The van der Waals surface area contributed by atoms with Crippen molar-refractivity contribution in [2.45, 2.75) is 297 Å². The molecule has 770 valence electrons. The quantitative estimate of drug-likeness (QED) is 0.0426. The number of phenolic OH excluding ortho intramolecular Hbond substituents is 8. The van der Waals surface area contributed by atoms with Crippen LogP contribution in [0.4, 0.5) is 45.5 Å². The van der Waals surface area contributed by atoms with Crippen molar-refractivity contribution in [3.63, 3.8) is 0 Å². The molecule has 0 aromatic heterocycles. The van der Waals surface area contributed by atoms with E-state index in [4.69, 9.17) is 34.9 Å². The number of rotatable bonds is 16. The zero-order chi connectivity index (χ0) is 98.9. The Hall–Kier alpha value is -11.4. The van der Waals surface area contributed by atoms with Crippen LogP contribution in [0.1, 0.15) is 427 Å². The molecular weight excluding hydrogens is 2570 g/mol. The molecule has 12 aromatic carbocycles. The molecule has 16 bridgehead atoms. The number of aryl methyl sites for hydroxylation is 7. The minimum absolute atomic E-state index is 0. The number of nitriles is 1. The van der Waals surface area contributed by atoms with E-state index in [1.54, 1.807) is 55.8 Å². The first-order chi connectivity index (χ1) is 70.3. The summed E-state index contributed by atoms with van der Waals surface area (Å²) in [6.07, 6.45) is 43.7. The van der Waals surface area contributed by atoms with Gasteiger partial charge in [-0.2, -0.15) is 5.26 Å². The summed E-state index contributed by atoms with van der Waals surface area (Å²) in [6.45, 7) is 14.2. The maximum atomic E-state index is 10.7. The molecule has 0 radical (unpaired) electrons. The van der Waals surface area contributed by atoms with Gasteiger partial charge in [-0.05, 0) is 553 Å². The Morgan fingerprint density at radius 1 is 0.201 bits per heavy atom. The maximum Gasteiger partial charge on any atom is 0.124 e. The smallest absolute Gasteiger partial charge is 0.124 e. The molecule has 0 heterocycles. The number of fused-ring (bicyclic) bond motifs is 40. The van der Waals surface area contributed by atoms with Crippen LogP contribution >= 0.6 is 0 Å². The molecule has 0 spiro atoms. The monoisotopic (exact) mass is 2700 g/mol. The normalized spacial score (nSPS) is 24.6. The third kappa shape index (κ3) is 19.2. The number of hydrogen-bond donors (Lipinski definition) is 8. The molecular formula is C128H125N9O8Pt4. The zero-order valence-electron chi connectivity index (χ0n) is 85.1. The third-order valence-electron chi connectivity index (χ3n) is 37.1. The second-order valence-corrected chi connectivity index (χ2v) is 45.6. The summed E-state index contributed by atoms with van der Waals surface area (Å²) >= 11 is 0. The van der Waals surface area contributed by atoms with E-state index in [-0.39, 0.29) is 95.8 Å². The van der Waals surface area contributed by atoms with Crippen molar-refractivity contribution in [3.8, 4) is 52.1 Å². The molecule has 0 amide bonds. The summed E-state index contributed by atoms with van der Waals surface area (Å²) in [5.74, 6) is 12.2. The Balaban J connectivity index is 0.000000115. The first kappa shape index (κ1) is 103. The summed E-state index contributed by atoms with van der Waals surface area (Å²) in [7, 11) is 0. The number of aliphatic imine (C=N–C) groups is 8. The third-order valence-corrected chi connectivity index (χ3v) is 37.1. The topological polar surface area (TPSA) is 285 Å². The Bertz CT molecular complexity index is 7570. The number of phenols is 8. The van der Waals surface area contributed by atoms with Gasteiger partial charge >= 0.3 is 0 Å². The molecule has 8 saturated carbocycles. The first-order valence-corrected chi connectivity index (χ1v) is 53.5. The average Bonchev–Trinajstić information content (AvgIpc) is 1.65. The van der Waals surface area contributed by atoms with Crippen molar-refractivity contribution in [1.29, 1.82) is 5.26 Å². The zero-order valence-corrected chi connectivity index (χ0v) is 94.1. The van der Waals surface area contributed by atoms with Gasteiger partial charge in [0, 0.05) is 178 Å². The molecule has 16 atom stereocenters. The van der Waals surface area contributed by atoms with Crippen LogP contribution in [0, 0.1) is 59.8 Å². The molecule has 28 rings (SSSR count). The minimum atomic E-state index is 0. The first-order valence-electron chi connectivity index (χ1n) is 53.5. The molecule has 21 heteroatoms. The molecule has 149 heavy (non-hydrogen) atoms. The van der Waals surface area contributed by atoms with Crippen molar-refractivity contribution in [3.05, 3.63) is 324 Å². The van der Waals surface area contributed by atoms with Crippen molar-refractivity contribution < 1.29 is 125 Å². The van der Waals surface area contributed by atoms with Gasteiger partial charge in [0.15, 0.2) is 0 Å². The van der Waals surface area contributed by atoms with E-state index in [0.717, 1.165) is 106 Å². The largest absolute Gasteiger partial charge is 0.507 e. The average molecular weight is 2700 g/mol. The van der Waals surface area contributed by atoms with Crippen molar-refractivity contribution >= 4 is 95.2 Å². The van der Waals surface area contributed by atoms with Crippen molar-refractivity contribution in [2.24, 2.45) is 39.9 Å². The summed E-state index contributed by atoms with van der Waals surface area (Å²) in [6, 6.07) is 50.8. The summed E-state index contributed by atoms with van der Waals surface area (Å²) in [5, 5.41) is 95.3. The number of hydrogen-bond acceptors (Lipinski definition) is 17. The van der Waals surface area contributed by atoms with Gasteiger partial charge in [-0.1, -0.05) is 18.2 Å². The van der Waals surface area contributed by atoms with Crippen LogP contribution in [-0.4, -0.2) is 90.6 Å². The van der Waals surface area contributed by atoms with Crippen molar-refractivity contribution in [2.75, 3.05) is 0 Å². The Morgan fingerprint density at radius 2 is 0.383 bits per heavy atom. The van der Waals surface area contributed by atoms with Gasteiger partial charge in [-0.15, -0.1) is 0 Å². The van der Waals surface area contributed by atoms with Gasteiger partial charge < -0.3 is 40.9 Å². The fourth-order valence-corrected chi connectivity index (χ4v) is 29.4. The number of aromatic hydroxyl groups is 8. The predicted octanol–water partition coefficient (Wildman–Crippen LogP) is 31.3. The van der Waals surface area contributed by atoms with E-state index in [1.807, 2.05) is 100 Å². The Kier molecular flexibility index (Phi) is 28.9. The number of benzene rings is 12. The molecule has 12 aromatic rings. The van der Waals surface area contributed by atoms with Crippen LogP contribution in [0.25, 0.3) is 0 Å². The van der Waals surface area contributed by atoms with E-state index in [1.165, 1.54) is 243 Å². The molecule has 17 nitrogen and oxygen atoms in total. The van der Waals surface area contributed by atoms with Gasteiger partial charge in [0.05, 0.1) is 57.1 Å². The second-order valence-electron chi connectivity index (χ2n) is 45.6. The fourth-order valence-electron chi connectivity index (χ4n) is 29.4. The standard InChI is InChI=1S/C32H29N3O2.3C32H32N2O2.4Pt/c1-17-6-29(34-15-23-9-25-18-2-4-20(7-18)27(25)12-31(23)36)30(11-22(17)14-33)35-16-24-10-26-19-3-5-21(8-19)28(26)13-32(24)37;1-17-7-29(33-15-23-11-25-19-3-5-21(9-19)27(25)13-31(23)35)30(8-18(17)2)34-16-24-12-26-20-4-6-22(10-20)28(26)14-32(24)36;1-17-7-18(2)32(34-16-24-12-26-20-4-6-22(10-20)28(26)14-31(24)36)29(8-17)33-15-23-11-25-19-3-5-21(9-19)27(25)13-30(23)35;1-17-3-4-18(2)32(34-16-24-12-26-20-6-8-22(10-20)28(26)14-30(24)36)31(17)33-15-23-11-25-19-5-7-21(9-19)27(25)13-29(23)35;;;;/h6,9-13,15-16,18-21,36-37H,2-5,7-8H2,1H3;2*7-8,11-16,19-22,35-36H,3-6,9-10H2,1-2H3;3-4,11-16,19-22,35-36H,5-10H2,1-2H3;;;;. The molecule has 0 saturated heterocycles. The molecule has 16 aliphatic rings. The van der Waals surface area contributed by atoms with Gasteiger partial charge in [0.1, 0.15) is 46.0 Å². The van der Waals surface area contributed by atoms with Gasteiger partial charge in [0.2, 0.25) is 0 Å². The van der Waals surface area contributed by atoms with Gasteiger partial charge in [0.25, 0.3) is 0 Å². The minimum Gasteiger partial charge on any atom is -0.507 e. The van der Waals surface area contributed by atoms with Crippen LogP contribution in [0.2, 0.25) is 0 Å². The predicted molar refractivity (Wildman–Crippen MR) is 581 cm³/mol. The molecule has 16 unspecified atom stereocenters. The maximum absolute atomic E-state index is 10.7. The summed E-state index contributed by atoms with van der Waals surface area (Å²) in [5.41, 5.74) is 41.3. The Labute approximate surface area is 930 Å². The van der Waals surface area contributed by atoms with Crippen LogP contribution in [0.5, 0.6) is 46.0 Å². The van der Waals surface area contributed by atoms with Crippen molar-refractivity contribution in [1.82, 2.24) is 0 Å². The summed E-state index contributed by atoms with van der Waals surface area (Å²) in [4.78, 5) is 38.3. The van der Waals surface area contributed by atoms with Crippen LogP contribution < -0.4 is 0 Å². The van der Waals surface area contributed by atoms with E-state index in [9.17, 15) is 46.1 Å². The molecule has 8 N–H and O–H groups in total. The van der Waals surface area contributed by atoms with E-state index in [2.05, 4.69) is 98.6 Å². The summed E-state index contributed by atoms with van der Waals surface area (Å²) < 4.78 is 0. The fraction of sp³-hybridized carbons (Fsp3) is 0.367.